The van der Waals surface area contributed by atoms with Gasteiger partial charge < -0.3 is 20.3 Å². The quantitative estimate of drug-likeness (QED) is 0.126. The highest BCUT2D eigenvalue weighted by Crippen LogP contribution is 2.17. The van der Waals surface area contributed by atoms with E-state index in [1.54, 1.807) is 19.2 Å². The molecule has 1 unspecified atom stereocenters. The van der Waals surface area contributed by atoms with Crippen molar-refractivity contribution in [1.82, 2.24) is 10.2 Å². The van der Waals surface area contributed by atoms with Gasteiger partial charge in [-0.15, -0.1) is 24.0 Å². The van der Waals surface area contributed by atoms with Gasteiger partial charge in [0, 0.05) is 57.0 Å². The Balaban J connectivity index is 0.00000341. The molecule has 168 valence electrons. The van der Waals surface area contributed by atoms with Gasteiger partial charge in [0.25, 0.3) is 5.69 Å². The van der Waals surface area contributed by atoms with Crippen LogP contribution in [0.25, 0.3) is 0 Å². The molecule has 0 saturated carbocycles. The summed E-state index contributed by atoms with van der Waals surface area (Å²) in [6.45, 7) is 4.70. The Morgan fingerprint density at radius 1 is 1.19 bits per heavy atom. The van der Waals surface area contributed by atoms with Crippen molar-refractivity contribution in [2.75, 3.05) is 45.2 Å². The van der Waals surface area contributed by atoms with Crippen molar-refractivity contribution in [2.24, 2.45) is 10.9 Å². The van der Waals surface area contributed by atoms with Gasteiger partial charge in [-0.05, 0) is 24.1 Å². The second-order valence-electron chi connectivity index (χ2n) is 7.31. The van der Waals surface area contributed by atoms with E-state index < -0.39 is 4.92 Å². The molecule has 1 fully saturated rings. The Hall–Kier alpha value is -2.40. The van der Waals surface area contributed by atoms with E-state index in [4.69, 9.17) is 4.74 Å². The lowest BCUT2D eigenvalue weighted by Crippen LogP contribution is -2.42. The van der Waals surface area contributed by atoms with Crippen LogP contribution in [0, 0.1) is 16.0 Å². The van der Waals surface area contributed by atoms with E-state index in [0.717, 1.165) is 37.8 Å². The van der Waals surface area contributed by atoms with Crippen molar-refractivity contribution in [2.45, 2.75) is 13.0 Å². The molecule has 31 heavy (non-hydrogen) atoms. The molecule has 2 aromatic carbocycles. The minimum atomic E-state index is -0.397. The molecule has 0 spiro atoms. The Morgan fingerprint density at radius 3 is 2.61 bits per heavy atom. The molecular formula is C22H30IN5O3. The van der Waals surface area contributed by atoms with Crippen molar-refractivity contribution in [1.29, 1.82) is 0 Å². The van der Waals surface area contributed by atoms with Gasteiger partial charge in [0.1, 0.15) is 0 Å². The lowest BCUT2D eigenvalue weighted by Gasteiger charge is -2.22. The third-order valence-electron chi connectivity index (χ3n) is 5.08. The number of non-ortho nitro benzene ring substituents is 1. The van der Waals surface area contributed by atoms with Crippen LogP contribution >= 0.6 is 24.0 Å². The van der Waals surface area contributed by atoms with Crippen molar-refractivity contribution in [3.8, 4) is 0 Å². The Kier molecular flexibility index (Phi) is 10.5. The lowest BCUT2D eigenvalue weighted by atomic mass is 10.1. The van der Waals surface area contributed by atoms with Gasteiger partial charge in [-0.2, -0.15) is 0 Å². The van der Waals surface area contributed by atoms with E-state index in [1.807, 2.05) is 18.2 Å². The van der Waals surface area contributed by atoms with Crippen molar-refractivity contribution in [3.63, 3.8) is 0 Å². The first kappa shape index (κ1) is 24.9. The average Bonchev–Trinajstić information content (AvgIpc) is 3.23. The van der Waals surface area contributed by atoms with Gasteiger partial charge >= 0.3 is 0 Å². The molecule has 9 heteroatoms. The van der Waals surface area contributed by atoms with Crippen LogP contribution in [0.15, 0.2) is 59.6 Å². The van der Waals surface area contributed by atoms with Crippen molar-refractivity contribution >= 4 is 41.3 Å². The largest absolute Gasteiger partial charge is 0.383 e. The second-order valence-corrected chi connectivity index (χ2v) is 7.31. The highest BCUT2D eigenvalue weighted by atomic mass is 127. The molecule has 1 atom stereocenters. The number of halogens is 1. The summed E-state index contributed by atoms with van der Waals surface area (Å²) in [5.74, 6) is 1.40. The first-order chi connectivity index (χ1) is 14.7. The summed E-state index contributed by atoms with van der Waals surface area (Å²) in [5, 5.41) is 17.3. The van der Waals surface area contributed by atoms with Gasteiger partial charge in [-0.25, -0.2) is 0 Å². The normalized spacial score (nSPS) is 16.0. The molecule has 0 aromatic heterocycles. The summed E-state index contributed by atoms with van der Waals surface area (Å²) >= 11 is 0. The van der Waals surface area contributed by atoms with Crippen LogP contribution in [0.2, 0.25) is 0 Å². The van der Waals surface area contributed by atoms with Crippen LogP contribution in [-0.4, -0.2) is 55.6 Å². The van der Waals surface area contributed by atoms with Crippen LogP contribution in [0.4, 0.5) is 11.4 Å². The Labute approximate surface area is 200 Å². The van der Waals surface area contributed by atoms with Gasteiger partial charge in [-0.1, -0.05) is 30.3 Å². The topological polar surface area (TPSA) is 92.0 Å². The minimum Gasteiger partial charge on any atom is -0.383 e. The Morgan fingerprint density at radius 2 is 1.94 bits per heavy atom. The summed E-state index contributed by atoms with van der Waals surface area (Å²) < 4.78 is 5.90. The number of nitrogens with one attached hydrogen (secondary N) is 2. The molecule has 1 aliphatic rings. The number of hydrogen-bond acceptors (Lipinski definition) is 5. The summed E-state index contributed by atoms with van der Waals surface area (Å²) in [7, 11) is 1.80. The van der Waals surface area contributed by atoms with Crippen LogP contribution in [0.3, 0.4) is 0 Å². The molecule has 1 saturated heterocycles. The molecule has 1 aliphatic heterocycles. The summed E-state index contributed by atoms with van der Waals surface area (Å²) in [5.41, 5.74) is 2.15. The van der Waals surface area contributed by atoms with Gasteiger partial charge in [0.15, 0.2) is 5.96 Å². The molecule has 0 aliphatic carbocycles. The number of hydrogen-bond donors (Lipinski definition) is 2. The fourth-order valence-corrected chi connectivity index (χ4v) is 3.49. The number of benzene rings is 2. The number of nitrogens with zero attached hydrogens (tertiary/aromatic N) is 3. The molecule has 2 aromatic rings. The molecule has 0 radical (unpaired) electrons. The minimum absolute atomic E-state index is 0. The van der Waals surface area contributed by atoms with Gasteiger partial charge in [0.2, 0.25) is 0 Å². The molecule has 2 N–H and O–H groups in total. The van der Waals surface area contributed by atoms with E-state index in [-0.39, 0.29) is 29.7 Å². The SMILES string of the molecule is CN=C(NCCNc1ccc([N+](=O)[O-])cc1)N1CCC(COCc2ccccc2)C1.I. The van der Waals surface area contributed by atoms with Crippen molar-refractivity contribution in [3.05, 3.63) is 70.3 Å². The highest BCUT2D eigenvalue weighted by molar-refractivity contribution is 14.0. The monoisotopic (exact) mass is 539 g/mol. The maximum Gasteiger partial charge on any atom is 0.269 e. The Bertz CT molecular complexity index is 833. The van der Waals surface area contributed by atoms with E-state index in [9.17, 15) is 10.1 Å². The smallest absolute Gasteiger partial charge is 0.269 e. The van der Waals surface area contributed by atoms with Crippen LogP contribution in [-0.2, 0) is 11.3 Å². The maximum atomic E-state index is 10.7. The maximum absolute atomic E-state index is 10.7. The predicted molar refractivity (Wildman–Crippen MR) is 134 cm³/mol. The highest BCUT2D eigenvalue weighted by Gasteiger charge is 2.24. The number of nitro groups is 1. The summed E-state index contributed by atoms with van der Waals surface area (Å²) in [4.78, 5) is 17.0. The molecule has 0 amide bonds. The summed E-state index contributed by atoms with van der Waals surface area (Å²) in [6.07, 6.45) is 1.09. The van der Waals surface area contributed by atoms with Crippen LogP contribution in [0.1, 0.15) is 12.0 Å². The molecule has 3 rings (SSSR count). The average molecular weight is 539 g/mol. The molecule has 8 nitrogen and oxygen atoms in total. The fourth-order valence-electron chi connectivity index (χ4n) is 3.49. The van der Waals surface area contributed by atoms with Crippen molar-refractivity contribution < 1.29 is 9.66 Å². The van der Waals surface area contributed by atoms with Crippen LogP contribution < -0.4 is 10.6 Å². The standard InChI is InChI=1S/C22H29N5O3.HI/c1-23-22(25-13-12-24-20-7-9-21(10-8-20)27(28)29)26-14-11-19(15-26)17-30-16-18-5-3-2-4-6-18;/h2-10,19,24H,11-17H2,1H3,(H,23,25);1H. The number of likely N-dealkylation sites (tertiary alicyclic amines) is 1. The molecule has 1 heterocycles. The van der Waals surface area contributed by atoms with Crippen LogP contribution in [0.5, 0.6) is 0 Å². The zero-order chi connectivity index (χ0) is 21.2. The molecular weight excluding hydrogens is 509 g/mol. The number of anilines is 1. The first-order valence-corrected chi connectivity index (χ1v) is 10.2. The predicted octanol–water partition coefficient (Wildman–Crippen LogP) is 3.74. The lowest BCUT2D eigenvalue weighted by molar-refractivity contribution is -0.384. The zero-order valence-electron chi connectivity index (χ0n) is 17.7. The number of guanidine groups is 1. The van der Waals surface area contributed by atoms with Gasteiger partial charge in [-0.3, -0.25) is 15.1 Å². The molecule has 0 bridgehead atoms. The van der Waals surface area contributed by atoms with E-state index in [0.29, 0.717) is 25.6 Å². The fraction of sp³-hybridized carbons (Fsp3) is 0.409. The van der Waals surface area contributed by atoms with E-state index in [2.05, 4.69) is 32.7 Å². The second kappa shape index (κ2) is 13.1. The third kappa shape index (κ3) is 7.98. The van der Waals surface area contributed by atoms with Gasteiger partial charge in [0.05, 0.1) is 18.1 Å². The number of aliphatic imine (C=N–C) groups is 1. The summed E-state index contributed by atoms with van der Waals surface area (Å²) in [6, 6.07) is 16.7. The first-order valence-electron chi connectivity index (χ1n) is 10.2. The third-order valence-corrected chi connectivity index (χ3v) is 5.08. The number of rotatable bonds is 9. The zero-order valence-corrected chi connectivity index (χ0v) is 20.0. The number of nitro benzene ring substituents is 1. The van der Waals surface area contributed by atoms with E-state index in [1.165, 1.54) is 17.7 Å². The number of ether oxygens (including phenoxy) is 1. The van der Waals surface area contributed by atoms with E-state index >= 15 is 0 Å².